The van der Waals surface area contributed by atoms with Crippen LogP contribution in [-0.2, 0) is 10.0 Å². The van der Waals surface area contributed by atoms with Crippen molar-refractivity contribution in [1.29, 1.82) is 0 Å². The van der Waals surface area contributed by atoms with Crippen molar-refractivity contribution in [3.8, 4) is 11.5 Å². The minimum atomic E-state index is -5.59. The molecule has 0 bridgehead atoms. The Balaban J connectivity index is 2.00. The van der Waals surface area contributed by atoms with E-state index in [0.717, 1.165) is 6.20 Å². The molecule has 3 rings (SSSR count). The number of sulfonamides is 1. The van der Waals surface area contributed by atoms with Gasteiger partial charge in [-0.3, -0.25) is 0 Å². The summed E-state index contributed by atoms with van der Waals surface area (Å²) in [5.74, 6) is 0.923. The number of alkyl halides is 3. The van der Waals surface area contributed by atoms with Gasteiger partial charge in [-0.2, -0.15) is 21.6 Å². The van der Waals surface area contributed by atoms with Gasteiger partial charge in [0.05, 0.1) is 0 Å². The molecule has 0 aromatic heterocycles. The van der Waals surface area contributed by atoms with Crippen molar-refractivity contribution in [2.75, 3.05) is 13.1 Å². The van der Waals surface area contributed by atoms with Gasteiger partial charge in [0.2, 0.25) is 0 Å². The Morgan fingerprint density at radius 3 is 2.11 bits per heavy atom. The van der Waals surface area contributed by atoms with Crippen LogP contribution in [0.4, 0.5) is 18.9 Å². The summed E-state index contributed by atoms with van der Waals surface area (Å²) in [4.78, 5) is 0. The average molecular weight is 411 g/mol. The molecule has 2 N–H and O–H groups in total. The Morgan fingerprint density at radius 2 is 1.61 bits per heavy atom. The second kappa shape index (κ2) is 7.42. The number of benzene rings is 2. The zero-order valence-corrected chi connectivity index (χ0v) is 15.5. The maximum absolute atomic E-state index is 13.4. The average Bonchev–Trinajstić information content (AvgIpc) is 2.68. The van der Waals surface area contributed by atoms with Crippen molar-refractivity contribution < 1.29 is 26.3 Å². The van der Waals surface area contributed by atoms with E-state index >= 15 is 0 Å². The highest BCUT2D eigenvalue weighted by Gasteiger charge is 2.61. The van der Waals surface area contributed by atoms with Gasteiger partial charge in [-0.05, 0) is 42.0 Å². The van der Waals surface area contributed by atoms with Gasteiger partial charge >= 0.3 is 15.5 Å². The van der Waals surface area contributed by atoms with Crippen LogP contribution >= 0.6 is 0 Å². The van der Waals surface area contributed by atoms with Crippen LogP contribution in [-0.4, -0.2) is 27.0 Å². The molecule has 0 aliphatic carbocycles. The number of quaternary nitrogens is 1. The molecule has 9 heteroatoms. The maximum Gasteiger partial charge on any atom is 0.550 e. The second-order valence-electron chi connectivity index (χ2n) is 6.11. The lowest BCUT2D eigenvalue weighted by atomic mass is 10.1. The second-order valence-corrected chi connectivity index (χ2v) is 8.17. The monoisotopic (exact) mass is 411 g/mol. The van der Waals surface area contributed by atoms with Crippen molar-refractivity contribution in [3.05, 3.63) is 78.5 Å². The van der Waals surface area contributed by atoms with Crippen LogP contribution in [0.15, 0.2) is 78.5 Å². The van der Waals surface area contributed by atoms with Gasteiger partial charge in [0, 0.05) is 18.7 Å². The van der Waals surface area contributed by atoms with Gasteiger partial charge < -0.3 is 10.5 Å². The largest absolute Gasteiger partial charge is 0.550 e. The van der Waals surface area contributed by atoms with Gasteiger partial charge in [0.15, 0.2) is 5.69 Å². The normalized spacial score (nSPS) is 19.9. The zero-order valence-electron chi connectivity index (χ0n) is 14.6. The highest BCUT2D eigenvalue weighted by molar-refractivity contribution is 7.91. The number of nitrogens with two attached hydrogens (primary N) is 1. The highest BCUT2D eigenvalue weighted by atomic mass is 32.2. The maximum atomic E-state index is 13.4. The van der Waals surface area contributed by atoms with E-state index in [1.807, 2.05) is 6.07 Å². The molecule has 1 heterocycles. The molecule has 0 radical (unpaired) electrons. The highest BCUT2D eigenvalue weighted by Crippen LogP contribution is 2.40. The zero-order chi connectivity index (χ0) is 20.4. The topological polar surface area (TPSA) is 69.4 Å². The third-order valence-electron chi connectivity index (χ3n) is 4.36. The minimum Gasteiger partial charge on any atom is -0.457 e. The summed E-state index contributed by atoms with van der Waals surface area (Å²) < 4.78 is 69.2. The number of hydrogen-bond donors (Lipinski definition) is 1. The summed E-state index contributed by atoms with van der Waals surface area (Å²) in [5, 5.41) is 0. The SMILES string of the molecule is NCC1=CC[N+](c2ccc(Oc3ccccc3)cc2)(S(=O)(=O)C(F)(F)F)C=C1. The fourth-order valence-electron chi connectivity index (χ4n) is 2.83. The number of rotatable bonds is 5. The van der Waals surface area contributed by atoms with E-state index in [1.54, 1.807) is 24.3 Å². The molecule has 0 amide bonds. The Labute approximate surface area is 160 Å². The van der Waals surface area contributed by atoms with Crippen molar-refractivity contribution >= 4 is 15.7 Å². The third kappa shape index (κ3) is 3.56. The van der Waals surface area contributed by atoms with Crippen LogP contribution in [0.1, 0.15) is 0 Å². The molecule has 28 heavy (non-hydrogen) atoms. The summed E-state index contributed by atoms with van der Waals surface area (Å²) >= 11 is 0. The van der Waals surface area contributed by atoms with Crippen LogP contribution < -0.4 is 14.4 Å². The molecule has 148 valence electrons. The van der Waals surface area contributed by atoms with Crippen LogP contribution in [0, 0.1) is 0 Å². The molecule has 0 spiro atoms. The van der Waals surface area contributed by atoms with E-state index in [2.05, 4.69) is 0 Å². The van der Waals surface area contributed by atoms with Crippen molar-refractivity contribution in [2.24, 2.45) is 5.73 Å². The number of halogens is 3. The van der Waals surface area contributed by atoms with Gasteiger partial charge in [-0.15, -0.1) is 3.89 Å². The molecule has 2 aromatic rings. The summed E-state index contributed by atoms with van der Waals surface area (Å²) in [6, 6.07) is 14.3. The van der Waals surface area contributed by atoms with Crippen LogP contribution in [0.3, 0.4) is 0 Å². The molecular formula is C19H18F3N2O3S+. The molecule has 1 aliphatic rings. The predicted molar refractivity (Wildman–Crippen MR) is 101 cm³/mol. The molecule has 0 saturated carbocycles. The number of hydrogen-bond acceptors (Lipinski definition) is 4. The van der Waals surface area contributed by atoms with Gasteiger partial charge in [0.25, 0.3) is 0 Å². The Hall–Kier alpha value is -2.62. The minimum absolute atomic E-state index is 0.0543. The predicted octanol–water partition coefficient (Wildman–Crippen LogP) is 4.05. The first-order valence-electron chi connectivity index (χ1n) is 8.31. The summed E-state index contributed by atoms with van der Waals surface area (Å²) in [6.07, 6.45) is 3.72. The molecular weight excluding hydrogens is 393 g/mol. The molecule has 1 aliphatic heterocycles. The third-order valence-corrected chi connectivity index (χ3v) is 6.29. The fourth-order valence-corrected chi connectivity index (χ4v) is 4.09. The van der Waals surface area contributed by atoms with E-state index in [-0.39, 0.29) is 12.2 Å². The number of para-hydroxylation sites is 1. The number of nitrogens with zero attached hydrogens (tertiary/aromatic N) is 1. The standard InChI is InChI=1S/C19H18F3N2O3S/c20-19(21,22)28(25,26)24(12-10-15(14-23)11-13-24)16-6-8-18(9-7-16)27-17-4-2-1-3-5-17/h1-12H,13-14,23H2/q+1. The van der Waals surface area contributed by atoms with Crippen molar-refractivity contribution in [2.45, 2.75) is 5.51 Å². The Bertz CT molecular complexity index is 1000. The molecule has 5 nitrogen and oxygen atoms in total. The van der Waals surface area contributed by atoms with Gasteiger partial charge in [-0.25, -0.2) is 0 Å². The van der Waals surface area contributed by atoms with E-state index in [0.29, 0.717) is 17.1 Å². The molecule has 0 saturated heterocycles. The van der Waals surface area contributed by atoms with E-state index in [1.165, 1.54) is 36.4 Å². The summed E-state index contributed by atoms with van der Waals surface area (Å²) in [7, 11) is -5.59. The lowest BCUT2D eigenvalue weighted by Gasteiger charge is -2.34. The van der Waals surface area contributed by atoms with Crippen LogP contribution in [0.2, 0.25) is 0 Å². The molecule has 0 fully saturated rings. The molecule has 1 atom stereocenters. The Kier molecular flexibility index (Phi) is 5.33. The van der Waals surface area contributed by atoms with Crippen molar-refractivity contribution in [1.82, 2.24) is 3.89 Å². The van der Waals surface area contributed by atoms with Crippen LogP contribution in [0.25, 0.3) is 0 Å². The first kappa shape index (κ1) is 20.1. The molecule has 1 unspecified atom stereocenters. The van der Waals surface area contributed by atoms with Crippen LogP contribution in [0.5, 0.6) is 11.5 Å². The van der Waals surface area contributed by atoms with E-state index in [4.69, 9.17) is 10.5 Å². The lowest BCUT2D eigenvalue weighted by molar-refractivity contribution is -0.0473. The van der Waals surface area contributed by atoms with Gasteiger partial charge in [-0.1, -0.05) is 18.2 Å². The molecule has 2 aromatic carbocycles. The summed E-state index contributed by atoms with van der Waals surface area (Å²) in [6.45, 7) is -0.309. The smallest absolute Gasteiger partial charge is 0.457 e. The quantitative estimate of drug-likeness (QED) is 0.754. The summed E-state index contributed by atoms with van der Waals surface area (Å²) in [5.41, 5.74) is 0.588. The number of ether oxygens (including phenoxy) is 1. The first-order valence-corrected chi connectivity index (χ1v) is 9.75. The fraction of sp³-hybridized carbons (Fsp3) is 0.158. The van der Waals surface area contributed by atoms with E-state index < -0.39 is 26.0 Å². The first-order chi connectivity index (χ1) is 13.2. The lowest BCUT2D eigenvalue weighted by Crippen LogP contribution is -2.56. The van der Waals surface area contributed by atoms with E-state index in [9.17, 15) is 21.6 Å². The Morgan fingerprint density at radius 1 is 1.00 bits per heavy atom. The van der Waals surface area contributed by atoms with Crippen molar-refractivity contribution in [3.63, 3.8) is 0 Å². The van der Waals surface area contributed by atoms with Gasteiger partial charge in [0.1, 0.15) is 24.2 Å².